The molecule has 0 bridgehead atoms. The highest BCUT2D eigenvalue weighted by atomic mass is 35.7. The summed E-state index contributed by atoms with van der Waals surface area (Å²) in [6.07, 6.45) is 0.671. The Hall–Kier alpha value is -0.530. The first-order valence-corrected chi connectivity index (χ1v) is 9.06. The lowest BCUT2D eigenvalue weighted by Gasteiger charge is -2.17. The van der Waals surface area contributed by atoms with Crippen LogP contribution in [0.3, 0.4) is 0 Å². The van der Waals surface area contributed by atoms with Crippen molar-refractivity contribution in [1.82, 2.24) is 4.90 Å². The second-order valence-electron chi connectivity index (χ2n) is 4.60. The molecule has 0 aliphatic carbocycles. The Morgan fingerprint density at radius 2 is 2.05 bits per heavy atom. The van der Waals surface area contributed by atoms with Gasteiger partial charge in [0.2, 0.25) is 0 Å². The standard InChI is InChI=1S/C12H12Cl3NO4S/c1-20-7-2-3-16(6-7)12(17)9-4-8(21(15,18)19)5-10(13)11(9)14/h4-5,7H,2-3,6H2,1H3. The second kappa shape index (κ2) is 6.30. The van der Waals surface area contributed by atoms with Gasteiger partial charge < -0.3 is 9.64 Å². The van der Waals surface area contributed by atoms with Gasteiger partial charge in [0, 0.05) is 30.9 Å². The number of hydrogen-bond acceptors (Lipinski definition) is 4. The number of ether oxygens (including phenoxy) is 1. The predicted octanol–water partition coefficient (Wildman–Crippen LogP) is 2.78. The summed E-state index contributed by atoms with van der Waals surface area (Å²) in [5.74, 6) is -0.399. The maximum atomic E-state index is 12.5. The van der Waals surface area contributed by atoms with Crippen molar-refractivity contribution < 1.29 is 17.9 Å². The fourth-order valence-corrected chi connectivity index (χ4v) is 3.39. The highest BCUT2D eigenvalue weighted by Crippen LogP contribution is 2.32. The summed E-state index contributed by atoms with van der Waals surface area (Å²) in [6.45, 7) is 0.921. The molecule has 1 unspecified atom stereocenters. The topological polar surface area (TPSA) is 63.7 Å². The molecule has 1 fully saturated rings. The first-order chi connectivity index (χ1) is 9.74. The normalized spacial score (nSPS) is 19.0. The molecule has 1 aliphatic heterocycles. The third-order valence-electron chi connectivity index (χ3n) is 3.28. The van der Waals surface area contributed by atoms with E-state index in [1.54, 1.807) is 7.11 Å². The largest absolute Gasteiger partial charge is 0.380 e. The van der Waals surface area contributed by atoms with Gasteiger partial charge in [-0.05, 0) is 18.6 Å². The van der Waals surface area contributed by atoms with Crippen LogP contribution in [0.4, 0.5) is 0 Å². The molecular weight excluding hydrogens is 361 g/mol. The fourth-order valence-electron chi connectivity index (χ4n) is 2.14. The number of amides is 1. The SMILES string of the molecule is COC1CCN(C(=O)c2cc(S(=O)(=O)Cl)cc(Cl)c2Cl)C1. The number of methoxy groups -OCH3 is 1. The smallest absolute Gasteiger partial charge is 0.261 e. The fraction of sp³-hybridized carbons (Fsp3) is 0.417. The van der Waals surface area contributed by atoms with Crippen molar-refractivity contribution in [3.63, 3.8) is 0 Å². The molecule has 1 amide bonds. The second-order valence-corrected chi connectivity index (χ2v) is 7.95. The predicted molar refractivity (Wildman–Crippen MR) is 80.8 cm³/mol. The third kappa shape index (κ3) is 3.63. The van der Waals surface area contributed by atoms with Crippen LogP contribution in [-0.4, -0.2) is 45.5 Å². The van der Waals surface area contributed by atoms with Gasteiger partial charge in [-0.2, -0.15) is 0 Å². The molecule has 1 aromatic carbocycles. The zero-order valence-electron chi connectivity index (χ0n) is 11.0. The summed E-state index contributed by atoms with van der Waals surface area (Å²) in [6, 6.07) is 2.25. The van der Waals surface area contributed by atoms with Crippen LogP contribution in [0.1, 0.15) is 16.8 Å². The Bertz CT molecular complexity index is 677. The Morgan fingerprint density at radius 1 is 1.38 bits per heavy atom. The van der Waals surface area contributed by atoms with E-state index >= 15 is 0 Å². The van der Waals surface area contributed by atoms with E-state index in [4.69, 9.17) is 38.6 Å². The number of nitrogens with zero attached hydrogens (tertiary/aromatic N) is 1. The lowest BCUT2D eigenvalue weighted by molar-refractivity contribution is 0.0724. The van der Waals surface area contributed by atoms with E-state index in [1.165, 1.54) is 4.90 Å². The maximum Gasteiger partial charge on any atom is 0.261 e. The summed E-state index contributed by atoms with van der Waals surface area (Å²) in [5, 5.41) is -0.0316. The average Bonchev–Trinajstić information content (AvgIpc) is 2.88. The van der Waals surface area contributed by atoms with Crippen molar-refractivity contribution in [3.05, 3.63) is 27.7 Å². The number of benzene rings is 1. The number of carbonyl (C=O) groups excluding carboxylic acids is 1. The monoisotopic (exact) mass is 371 g/mol. The molecule has 0 spiro atoms. The van der Waals surface area contributed by atoms with E-state index in [1.807, 2.05) is 0 Å². The van der Waals surface area contributed by atoms with Gasteiger partial charge in [0.15, 0.2) is 0 Å². The van der Waals surface area contributed by atoms with Gasteiger partial charge in [0.25, 0.3) is 15.0 Å². The van der Waals surface area contributed by atoms with E-state index in [0.717, 1.165) is 12.1 Å². The molecule has 1 saturated heterocycles. The van der Waals surface area contributed by atoms with E-state index < -0.39 is 15.0 Å². The number of hydrogen-bond donors (Lipinski definition) is 0. The third-order valence-corrected chi connectivity index (χ3v) is 5.41. The number of halogens is 3. The van der Waals surface area contributed by atoms with Gasteiger partial charge in [-0.1, -0.05) is 23.2 Å². The molecule has 2 rings (SSSR count). The molecule has 1 atom stereocenters. The molecule has 1 aliphatic rings. The van der Waals surface area contributed by atoms with E-state index in [2.05, 4.69) is 0 Å². The molecule has 116 valence electrons. The van der Waals surface area contributed by atoms with Crippen molar-refractivity contribution in [2.45, 2.75) is 17.4 Å². The first kappa shape index (κ1) is 16.8. The minimum Gasteiger partial charge on any atom is -0.380 e. The van der Waals surface area contributed by atoms with Gasteiger partial charge >= 0.3 is 0 Å². The van der Waals surface area contributed by atoms with E-state index in [9.17, 15) is 13.2 Å². The van der Waals surface area contributed by atoms with Gasteiger partial charge in [0.1, 0.15) is 0 Å². The Kier molecular flexibility index (Phi) is 5.05. The molecule has 0 N–H and O–H groups in total. The molecule has 0 saturated carbocycles. The van der Waals surface area contributed by atoms with E-state index in [0.29, 0.717) is 19.5 Å². The number of likely N-dealkylation sites (tertiary alicyclic amines) is 1. The van der Waals surface area contributed by atoms with Crippen molar-refractivity contribution >= 4 is 48.8 Å². The molecule has 1 aromatic rings. The van der Waals surface area contributed by atoms with Crippen LogP contribution < -0.4 is 0 Å². The summed E-state index contributed by atoms with van der Waals surface area (Å²) in [5.41, 5.74) is 0.0140. The molecule has 0 aromatic heterocycles. The highest BCUT2D eigenvalue weighted by Gasteiger charge is 2.29. The van der Waals surface area contributed by atoms with Crippen LogP contribution in [0.25, 0.3) is 0 Å². The van der Waals surface area contributed by atoms with Crippen LogP contribution in [0.5, 0.6) is 0 Å². The zero-order valence-corrected chi connectivity index (χ0v) is 14.1. The van der Waals surface area contributed by atoms with Crippen molar-refractivity contribution in [2.24, 2.45) is 0 Å². The first-order valence-electron chi connectivity index (χ1n) is 6.00. The highest BCUT2D eigenvalue weighted by molar-refractivity contribution is 8.13. The summed E-state index contributed by atoms with van der Waals surface area (Å²) < 4.78 is 28.0. The van der Waals surface area contributed by atoms with Crippen molar-refractivity contribution in [2.75, 3.05) is 20.2 Å². The van der Waals surface area contributed by atoms with Crippen molar-refractivity contribution in [3.8, 4) is 0 Å². The Morgan fingerprint density at radius 3 is 2.57 bits per heavy atom. The van der Waals surface area contributed by atoms with Crippen LogP contribution in [0.15, 0.2) is 17.0 Å². The van der Waals surface area contributed by atoms with Crippen LogP contribution >= 0.6 is 33.9 Å². The molecule has 5 nitrogen and oxygen atoms in total. The van der Waals surface area contributed by atoms with E-state index in [-0.39, 0.29) is 26.6 Å². The number of carbonyl (C=O) groups is 1. The quantitative estimate of drug-likeness (QED) is 0.765. The Labute approximate surface area is 137 Å². The molecule has 1 heterocycles. The molecule has 21 heavy (non-hydrogen) atoms. The summed E-state index contributed by atoms with van der Waals surface area (Å²) in [7, 11) is 2.86. The maximum absolute atomic E-state index is 12.5. The van der Waals surface area contributed by atoms with Crippen LogP contribution in [0.2, 0.25) is 10.0 Å². The summed E-state index contributed by atoms with van der Waals surface area (Å²) in [4.78, 5) is 13.7. The lowest BCUT2D eigenvalue weighted by Crippen LogP contribution is -2.30. The van der Waals surface area contributed by atoms with Crippen LogP contribution in [0, 0.1) is 0 Å². The Balaban J connectivity index is 2.39. The van der Waals surface area contributed by atoms with Crippen LogP contribution in [-0.2, 0) is 13.8 Å². The molecule has 9 heteroatoms. The summed E-state index contributed by atoms with van der Waals surface area (Å²) >= 11 is 11.9. The average molecular weight is 373 g/mol. The van der Waals surface area contributed by atoms with Crippen molar-refractivity contribution in [1.29, 1.82) is 0 Å². The number of rotatable bonds is 3. The van der Waals surface area contributed by atoms with Gasteiger partial charge in [-0.3, -0.25) is 4.79 Å². The molecule has 0 radical (unpaired) electrons. The minimum atomic E-state index is -4.00. The minimum absolute atomic E-state index is 0.00611. The lowest BCUT2D eigenvalue weighted by atomic mass is 10.2. The van der Waals surface area contributed by atoms with Gasteiger partial charge in [-0.15, -0.1) is 0 Å². The van der Waals surface area contributed by atoms with Gasteiger partial charge in [0.05, 0.1) is 26.6 Å². The molecular formula is C12H12Cl3NO4S. The van der Waals surface area contributed by atoms with Gasteiger partial charge in [-0.25, -0.2) is 8.42 Å². The zero-order chi connectivity index (χ0) is 15.8.